The van der Waals surface area contributed by atoms with Crippen LogP contribution in [0.4, 0.5) is 5.69 Å². The molecule has 0 radical (unpaired) electrons. The van der Waals surface area contributed by atoms with Crippen LogP contribution in [0.25, 0.3) is 50.1 Å². The fourth-order valence-corrected chi connectivity index (χ4v) is 4.02. The van der Waals surface area contributed by atoms with Gasteiger partial charge in [0.05, 0.1) is 23.3 Å². The summed E-state index contributed by atoms with van der Waals surface area (Å²) in [5.41, 5.74) is 8.28. The maximum Gasteiger partial charge on any atom is 0.181 e. The molecule has 0 aliphatic rings. The molecule has 33 heavy (non-hydrogen) atoms. The van der Waals surface area contributed by atoms with Gasteiger partial charge in [-0.05, 0) is 29.8 Å². The molecule has 0 spiro atoms. The Labute approximate surface area is 190 Å². The van der Waals surface area contributed by atoms with Gasteiger partial charge in [0.15, 0.2) is 5.65 Å². The van der Waals surface area contributed by atoms with E-state index >= 15 is 0 Å². The smallest absolute Gasteiger partial charge is 0.181 e. The topological polar surface area (TPSA) is 82.3 Å². The van der Waals surface area contributed by atoms with Crippen molar-refractivity contribution in [1.29, 1.82) is 0 Å². The van der Waals surface area contributed by atoms with Crippen molar-refractivity contribution >= 4 is 33.3 Å². The fourth-order valence-electron chi connectivity index (χ4n) is 4.02. The Kier molecular flexibility index (Phi) is 4.47. The largest absolute Gasteiger partial charge is 0.354 e. The molecule has 6 heteroatoms. The highest BCUT2D eigenvalue weighted by Gasteiger charge is 2.13. The van der Waals surface area contributed by atoms with Crippen LogP contribution in [0.2, 0.25) is 0 Å². The lowest BCUT2D eigenvalue weighted by molar-refractivity contribution is 1.10. The Morgan fingerprint density at radius 2 is 1.67 bits per heavy atom. The molecule has 0 atom stereocenters. The average Bonchev–Trinajstić information content (AvgIpc) is 3.48. The van der Waals surface area contributed by atoms with Crippen LogP contribution in [0.3, 0.4) is 0 Å². The van der Waals surface area contributed by atoms with Crippen molar-refractivity contribution in [3.05, 3.63) is 104 Å². The second kappa shape index (κ2) is 7.76. The molecular weight excluding hydrogens is 408 g/mol. The minimum Gasteiger partial charge on any atom is -0.354 e. The van der Waals surface area contributed by atoms with E-state index in [2.05, 4.69) is 61.3 Å². The fraction of sp³-hybridized carbons (Fsp3) is 0. The lowest BCUT2D eigenvalue weighted by Gasteiger charge is -2.11. The molecule has 0 saturated carbocycles. The molecule has 4 aromatic heterocycles. The van der Waals surface area contributed by atoms with Crippen molar-refractivity contribution in [2.24, 2.45) is 0 Å². The van der Waals surface area contributed by atoms with Crippen molar-refractivity contribution in [3.63, 3.8) is 0 Å². The number of aromatic amines is 2. The van der Waals surface area contributed by atoms with Gasteiger partial charge >= 0.3 is 0 Å². The van der Waals surface area contributed by atoms with Crippen LogP contribution < -0.4 is 5.32 Å². The highest BCUT2D eigenvalue weighted by Crippen LogP contribution is 2.31. The molecule has 0 unspecified atom stereocenters. The lowest BCUT2D eigenvalue weighted by atomic mass is 10.1. The number of hydrogen-bond acceptors (Lipinski definition) is 4. The van der Waals surface area contributed by atoms with Gasteiger partial charge in [-0.1, -0.05) is 55.1 Å². The molecule has 0 fully saturated rings. The number of hydrogen-bond donors (Lipinski definition) is 3. The number of nitrogens with zero attached hydrogens (tertiary/aromatic N) is 3. The van der Waals surface area contributed by atoms with E-state index in [9.17, 15) is 0 Å². The number of aromatic nitrogens is 5. The Balaban J connectivity index is 1.36. The molecule has 0 aliphatic heterocycles. The zero-order valence-corrected chi connectivity index (χ0v) is 17.7. The van der Waals surface area contributed by atoms with Crippen molar-refractivity contribution in [1.82, 2.24) is 25.1 Å². The molecule has 6 aromatic rings. The Bertz CT molecular complexity index is 1580. The summed E-state index contributed by atoms with van der Waals surface area (Å²) in [5, 5.41) is 13.0. The van der Waals surface area contributed by atoms with Crippen molar-refractivity contribution in [2.45, 2.75) is 0 Å². The number of nitrogens with one attached hydrogen (secondary N) is 3. The SMILES string of the molecule is C=C(Nc1cncc(-c2cnc3n[nH]c(-c4cc5ccccc5[nH]4)c3c2)c1)c1ccccc1. The maximum atomic E-state index is 4.57. The normalized spacial score (nSPS) is 11.2. The van der Waals surface area contributed by atoms with Gasteiger partial charge in [-0.15, -0.1) is 0 Å². The minimum absolute atomic E-state index is 0.673. The Morgan fingerprint density at radius 3 is 2.55 bits per heavy atom. The number of rotatable bonds is 5. The second-order valence-corrected chi connectivity index (χ2v) is 7.90. The quantitative estimate of drug-likeness (QED) is 0.303. The van der Waals surface area contributed by atoms with Crippen LogP contribution in [-0.4, -0.2) is 25.1 Å². The third kappa shape index (κ3) is 3.53. The molecule has 0 aliphatic carbocycles. The summed E-state index contributed by atoms with van der Waals surface area (Å²) in [6.07, 6.45) is 5.45. The van der Waals surface area contributed by atoms with E-state index in [0.29, 0.717) is 5.65 Å². The number of pyridine rings is 2. The Hall–Kier alpha value is -4.71. The molecule has 4 heterocycles. The van der Waals surface area contributed by atoms with Crippen LogP contribution >= 0.6 is 0 Å². The lowest BCUT2D eigenvalue weighted by Crippen LogP contribution is -1.98. The van der Waals surface area contributed by atoms with Crippen molar-refractivity contribution in [3.8, 4) is 22.5 Å². The summed E-state index contributed by atoms with van der Waals surface area (Å²) in [7, 11) is 0. The van der Waals surface area contributed by atoms with E-state index in [1.165, 1.54) is 0 Å². The third-order valence-corrected chi connectivity index (χ3v) is 5.70. The molecule has 6 nitrogen and oxygen atoms in total. The van der Waals surface area contributed by atoms with Crippen LogP contribution in [0.5, 0.6) is 0 Å². The first-order valence-corrected chi connectivity index (χ1v) is 10.6. The molecule has 2 aromatic carbocycles. The van der Waals surface area contributed by atoms with Gasteiger partial charge in [0.2, 0.25) is 0 Å². The van der Waals surface area contributed by atoms with Gasteiger partial charge in [0.25, 0.3) is 0 Å². The van der Waals surface area contributed by atoms with E-state index in [1.54, 1.807) is 6.20 Å². The molecule has 0 bridgehead atoms. The van der Waals surface area contributed by atoms with Crippen molar-refractivity contribution in [2.75, 3.05) is 5.32 Å². The molecule has 0 amide bonds. The number of H-pyrrole nitrogens is 2. The van der Waals surface area contributed by atoms with Crippen molar-refractivity contribution < 1.29 is 0 Å². The van der Waals surface area contributed by atoms with E-state index < -0.39 is 0 Å². The zero-order valence-electron chi connectivity index (χ0n) is 17.7. The summed E-state index contributed by atoms with van der Waals surface area (Å²) < 4.78 is 0. The first kappa shape index (κ1) is 19.0. The van der Waals surface area contributed by atoms with E-state index in [0.717, 1.165) is 55.8 Å². The summed E-state index contributed by atoms with van der Waals surface area (Å²) >= 11 is 0. The van der Waals surface area contributed by atoms with Gasteiger partial charge in [-0.25, -0.2) is 4.98 Å². The molecule has 6 rings (SSSR count). The second-order valence-electron chi connectivity index (χ2n) is 7.90. The first-order chi connectivity index (χ1) is 16.2. The summed E-state index contributed by atoms with van der Waals surface area (Å²) in [6, 6.07) is 24.5. The van der Waals surface area contributed by atoms with E-state index in [4.69, 9.17) is 0 Å². The first-order valence-electron chi connectivity index (χ1n) is 10.6. The van der Waals surface area contributed by atoms with E-state index in [1.807, 2.05) is 60.9 Å². The standard InChI is InChI=1S/C27H20N6/c1-17(18-7-3-2-4-8-18)30-22-11-20(14-28-16-22)21-12-23-26(32-33-27(23)29-15-21)25-13-19-9-5-6-10-24(19)31-25/h2-16,30-31H,1H2,(H,29,32,33). The monoisotopic (exact) mass is 428 g/mol. The zero-order chi connectivity index (χ0) is 22.2. The predicted octanol–water partition coefficient (Wildman–Crippen LogP) is 6.25. The average molecular weight is 428 g/mol. The summed E-state index contributed by atoms with van der Waals surface area (Å²) in [6.45, 7) is 4.15. The number of fused-ring (bicyclic) bond motifs is 2. The molecule has 3 N–H and O–H groups in total. The van der Waals surface area contributed by atoms with Gasteiger partial charge in [-0.2, -0.15) is 5.10 Å². The number of benzene rings is 2. The van der Waals surface area contributed by atoms with Crippen LogP contribution in [0.1, 0.15) is 5.56 Å². The minimum atomic E-state index is 0.673. The predicted molar refractivity (Wildman–Crippen MR) is 134 cm³/mol. The number of anilines is 1. The highest BCUT2D eigenvalue weighted by atomic mass is 15.2. The highest BCUT2D eigenvalue weighted by molar-refractivity contribution is 5.96. The molecule has 158 valence electrons. The summed E-state index contributed by atoms with van der Waals surface area (Å²) in [4.78, 5) is 12.5. The van der Waals surface area contributed by atoms with Gasteiger partial charge in [0.1, 0.15) is 0 Å². The molecular formula is C27H20N6. The Morgan fingerprint density at radius 1 is 0.848 bits per heavy atom. The third-order valence-electron chi connectivity index (χ3n) is 5.70. The molecule has 0 saturated heterocycles. The number of para-hydroxylation sites is 1. The maximum absolute atomic E-state index is 4.57. The summed E-state index contributed by atoms with van der Waals surface area (Å²) in [5.74, 6) is 0. The van der Waals surface area contributed by atoms with Gasteiger partial charge in [-0.3, -0.25) is 10.1 Å². The van der Waals surface area contributed by atoms with Crippen LogP contribution in [0, 0.1) is 0 Å². The van der Waals surface area contributed by atoms with Crippen LogP contribution in [0.15, 0.2) is 98.0 Å². The van der Waals surface area contributed by atoms with Gasteiger partial charge in [0, 0.05) is 45.5 Å². The van der Waals surface area contributed by atoms with Gasteiger partial charge < -0.3 is 10.3 Å². The van der Waals surface area contributed by atoms with E-state index in [-0.39, 0.29) is 0 Å². The van der Waals surface area contributed by atoms with Crippen LogP contribution in [-0.2, 0) is 0 Å².